The minimum Gasteiger partial charge on any atom is -0.383 e. The maximum absolute atomic E-state index is 4.41. The van der Waals surface area contributed by atoms with Crippen molar-refractivity contribution in [1.29, 1.82) is 0 Å². The van der Waals surface area contributed by atoms with Gasteiger partial charge in [-0.05, 0) is 40.1 Å². The third kappa shape index (κ3) is 2.94. The van der Waals surface area contributed by atoms with E-state index in [1.165, 1.54) is 0 Å². The van der Waals surface area contributed by atoms with Gasteiger partial charge in [-0.3, -0.25) is 5.10 Å². The number of pyridine rings is 1. The summed E-state index contributed by atoms with van der Waals surface area (Å²) in [7, 11) is 4.17. The molecule has 0 fully saturated rings. The number of aromatic amines is 1. The number of nitrogens with one attached hydrogen (secondary N) is 2. The van der Waals surface area contributed by atoms with Gasteiger partial charge >= 0.3 is 0 Å². The summed E-state index contributed by atoms with van der Waals surface area (Å²) in [5, 5.41) is 10.4. The lowest BCUT2D eigenvalue weighted by atomic mass is 10.2. The molecule has 2 aromatic rings. The predicted molar refractivity (Wildman–Crippen MR) is 70.3 cm³/mol. The SMILES string of the molecule is Cc1cc(NCCCN(C)C)c2[nH]ncc2n1. The van der Waals surface area contributed by atoms with E-state index in [2.05, 4.69) is 45.6 Å². The fourth-order valence-electron chi connectivity index (χ4n) is 1.82. The third-order valence-corrected chi connectivity index (χ3v) is 2.64. The molecule has 92 valence electrons. The Labute approximate surface area is 101 Å². The van der Waals surface area contributed by atoms with Gasteiger partial charge in [-0.1, -0.05) is 0 Å². The highest BCUT2D eigenvalue weighted by atomic mass is 15.1. The van der Waals surface area contributed by atoms with Gasteiger partial charge in [-0.15, -0.1) is 0 Å². The molecule has 17 heavy (non-hydrogen) atoms. The van der Waals surface area contributed by atoms with Crippen molar-refractivity contribution in [2.45, 2.75) is 13.3 Å². The summed E-state index contributed by atoms with van der Waals surface area (Å²) in [5.41, 5.74) is 4.00. The molecule has 0 spiro atoms. The molecule has 0 amide bonds. The molecule has 2 N–H and O–H groups in total. The van der Waals surface area contributed by atoms with Crippen LogP contribution in [0.1, 0.15) is 12.1 Å². The molecular weight excluding hydrogens is 214 g/mol. The Kier molecular flexibility index (Phi) is 3.58. The topological polar surface area (TPSA) is 56.8 Å². The van der Waals surface area contributed by atoms with E-state index in [0.717, 1.165) is 41.9 Å². The molecule has 5 nitrogen and oxygen atoms in total. The van der Waals surface area contributed by atoms with Crippen LogP contribution in [0.4, 0.5) is 5.69 Å². The van der Waals surface area contributed by atoms with Crippen molar-refractivity contribution < 1.29 is 0 Å². The molecule has 5 heteroatoms. The van der Waals surface area contributed by atoms with Crippen molar-refractivity contribution in [1.82, 2.24) is 20.1 Å². The molecule has 0 atom stereocenters. The molecule has 0 bridgehead atoms. The number of fused-ring (bicyclic) bond motifs is 1. The first-order valence-electron chi connectivity index (χ1n) is 5.86. The zero-order valence-corrected chi connectivity index (χ0v) is 10.6. The smallest absolute Gasteiger partial charge is 0.110 e. The van der Waals surface area contributed by atoms with Crippen molar-refractivity contribution in [3.05, 3.63) is 18.0 Å². The minimum absolute atomic E-state index is 0.917. The Morgan fingerprint density at radius 2 is 2.24 bits per heavy atom. The average Bonchev–Trinajstić information content (AvgIpc) is 2.71. The van der Waals surface area contributed by atoms with E-state index in [4.69, 9.17) is 0 Å². The van der Waals surface area contributed by atoms with Crippen LogP contribution in [0.15, 0.2) is 12.3 Å². The highest BCUT2D eigenvalue weighted by molar-refractivity contribution is 5.87. The Hall–Kier alpha value is -1.62. The summed E-state index contributed by atoms with van der Waals surface area (Å²) in [6, 6.07) is 2.05. The number of hydrogen-bond donors (Lipinski definition) is 2. The van der Waals surface area contributed by atoms with Gasteiger partial charge in [-0.2, -0.15) is 5.10 Å². The Morgan fingerprint density at radius 3 is 3.00 bits per heavy atom. The fraction of sp³-hybridized carbons (Fsp3) is 0.500. The van der Waals surface area contributed by atoms with E-state index < -0.39 is 0 Å². The van der Waals surface area contributed by atoms with Gasteiger partial charge < -0.3 is 10.2 Å². The van der Waals surface area contributed by atoms with Crippen LogP contribution in [0.2, 0.25) is 0 Å². The third-order valence-electron chi connectivity index (χ3n) is 2.64. The second kappa shape index (κ2) is 5.14. The molecule has 2 rings (SSSR count). The number of hydrogen-bond acceptors (Lipinski definition) is 4. The van der Waals surface area contributed by atoms with Gasteiger partial charge in [0, 0.05) is 12.2 Å². The van der Waals surface area contributed by atoms with E-state index in [0.29, 0.717) is 0 Å². The number of rotatable bonds is 5. The number of aryl methyl sites for hydroxylation is 1. The molecule has 0 aromatic carbocycles. The predicted octanol–water partition coefficient (Wildman–Crippen LogP) is 1.63. The molecule has 2 heterocycles. The van der Waals surface area contributed by atoms with E-state index in [-0.39, 0.29) is 0 Å². The normalized spacial score (nSPS) is 11.3. The highest BCUT2D eigenvalue weighted by Gasteiger charge is 2.05. The summed E-state index contributed by atoms with van der Waals surface area (Å²) in [6.45, 7) is 4.04. The first-order valence-corrected chi connectivity index (χ1v) is 5.86. The summed E-state index contributed by atoms with van der Waals surface area (Å²) < 4.78 is 0. The molecule has 0 aliphatic carbocycles. The van der Waals surface area contributed by atoms with Gasteiger partial charge in [0.1, 0.15) is 11.0 Å². The Morgan fingerprint density at radius 1 is 1.41 bits per heavy atom. The number of nitrogens with zero attached hydrogens (tertiary/aromatic N) is 3. The molecule has 0 aliphatic heterocycles. The zero-order chi connectivity index (χ0) is 12.3. The van der Waals surface area contributed by atoms with Crippen LogP contribution in [-0.2, 0) is 0 Å². The number of anilines is 1. The van der Waals surface area contributed by atoms with Gasteiger partial charge in [0.2, 0.25) is 0 Å². The Bertz CT molecular complexity index is 489. The van der Waals surface area contributed by atoms with E-state index in [1.807, 2.05) is 6.92 Å². The first kappa shape index (κ1) is 11.9. The summed E-state index contributed by atoms with van der Waals surface area (Å²) in [6.07, 6.45) is 2.87. The van der Waals surface area contributed by atoms with Crippen LogP contribution in [0.5, 0.6) is 0 Å². The van der Waals surface area contributed by atoms with Crippen LogP contribution in [0.25, 0.3) is 11.0 Å². The molecule has 0 unspecified atom stereocenters. The van der Waals surface area contributed by atoms with Crippen molar-refractivity contribution in [2.24, 2.45) is 0 Å². The molecule has 2 aromatic heterocycles. The highest BCUT2D eigenvalue weighted by Crippen LogP contribution is 2.20. The second-order valence-corrected chi connectivity index (χ2v) is 4.53. The molecule has 0 aliphatic rings. The van der Waals surface area contributed by atoms with Gasteiger partial charge in [0.15, 0.2) is 0 Å². The first-order chi connectivity index (χ1) is 8.16. The molecule has 0 radical (unpaired) electrons. The van der Waals surface area contributed by atoms with Crippen LogP contribution in [0, 0.1) is 6.92 Å². The number of H-pyrrole nitrogens is 1. The maximum atomic E-state index is 4.41. The van der Waals surface area contributed by atoms with Crippen molar-refractivity contribution in [3.8, 4) is 0 Å². The molecular formula is C12H19N5. The summed E-state index contributed by atoms with van der Waals surface area (Å²) >= 11 is 0. The minimum atomic E-state index is 0.917. The molecule has 0 saturated carbocycles. The molecule has 0 saturated heterocycles. The zero-order valence-electron chi connectivity index (χ0n) is 10.6. The van der Waals surface area contributed by atoms with Crippen LogP contribution in [-0.4, -0.2) is 47.3 Å². The second-order valence-electron chi connectivity index (χ2n) is 4.53. The Balaban J connectivity index is 2.04. The van der Waals surface area contributed by atoms with Crippen LogP contribution >= 0.6 is 0 Å². The van der Waals surface area contributed by atoms with Crippen molar-refractivity contribution in [2.75, 3.05) is 32.5 Å². The van der Waals surface area contributed by atoms with Crippen molar-refractivity contribution >= 4 is 16.7 Å². The fourth-order valence-corrected chi connectivity index (χ4v) is 1.82. The van der Waals surface area contributed by atoms with E-state index in [9.17, 15) is 0 Å². The standard InChI is InChI=1S/C12H19N5/c1-9-7-10(13-5-4-6-17(2)3)12-11(15-9)8-14-16-12/h7-8H,4-6H2,1-3H3,(H,13,15)(H,14,16). The van der Waals surface area contributed by atoms with Crippen molar-refractivity contribution in [3.63, 3.8) is 0 Å². The maximum Gasteiger partial charge on any atom is 0.110 e. The summed E-state index contributed by atoms with van der Waals surface area (Å²) in [4.78, 5) is 6.60. The lowest BCUT2D eigenvalue weighted by Gasteiger charge is -2.11. The lowest BCUT2D eigenvalue weighted by Crippen LogP contribution is -2.16. The number of aromatic nitrogens is 3. The largest absolute Gasteiger partial charge is 0.383 e. The van der Waals surface area contributed by atoms with Gasteiger partial charge in [0.05, 0.1) is 11.9 Å². The average molecular weight is 233 g/mol. The van der Waals surface area contributed by atoms with Crippen LogP contribution in [0.3, 0.4) is 0 Å². The van der Waals surface area contributed by atoms with E-state index >= 15 is 0 Å². The van der Waals surface area contributed by atoms with Gasteiger partial charge in [-0.25, -0.2) is 4.98 Å². The lowest BCUT2D eigenvalue weighted by molar-refractivity contribution is 0.405. The monoisotopic (exact) mass is 233 g/mol. The quantitative estimate of drug-likeness (QED) is 0.771. The summed E-state index contributed by atoms with van der Waals surface area (Å²) in [5.74, 6) is 0. The van der Waals surface area contributed by atoms with Gasteiger partial charge in [0.25, 0.3) is 0 Å². The van der Waals surface area contributed by atoms with E-state index in [1.54, 1.807) is 6.20 Å². The van der Waals surface area contributed by atoms with Crippen LogP contribution < -0.4 is 5.32 Å².